The van der Waals surface area contributed by atoms with E-state index in [1.165, 1.54) is 36.1 Å². The molecule has 1 heterocycles. The molecule has 0 atom stereocenters. The fourth-order valence-corrected chi connectivity index (χ4v) is 2.70. The Bertz CT molecular complexity index is 949. The number of hydrogen-bond acceptors (Lipinski definition) is 2. The molecule has 3 nitrogen and oxygen atoms in total. The van der Waals surface area contributed by atoms with Gasteiger partial charge in [-0.2, -0.15) is 0 Å². The zero-order valence-electron chi connectivity index (χ0n) is 12.9. The first-order valence-electron chi connectivity index (χ1n) is 7.28. The monoisotopic (exact) mass is 333 g/mol. The molecule has 0 spiro atoms. The lowest BCUT2D eigenvalue weighted by atomic mass is 10.0. The van der Waals surface area contributed by atoms with Gasteiger partial charge in [0.1, 0.15) is 18.2 Å². The quantitative estimate of drug-likeness (QED) is 0.724. The van der Waals surface area contributed by atoms with Crippen molar-refractivity contribution in [3.05, 3.63) is 64.5 Å². The molecule has 0 unspecified atom stereocenters. The molecule has 0 amide bonds. The molecule has 0 saturated heterocycles. The lowest BCUT2D eigenvalue weighted by Gasteiger charge is -2.13. The first-order chi connectivity index (χ1) is 11.6. The lowest BCUT2D eigenvalue weighted by molar-refractivity contribution is 0.415. The fraction of sp³-hybridized carbons (Fsp3) is 0.167. The number of nitrogens with zero attached hydrogens (tertiary/aromatic N) is 1. The van der Waals surface area contributed by atoms with Crippen LogP contribution in [-0.4, -0.2) is 18.4 Å². The van der Waals surface area contributed by atoms with E-state index in [0.29, 0.717) is 11.3 Å². The highest BCUT2D eigenvalue weighted by Crippen LogP contribution is 2.31. The zero-order chi connectivity index (χ0) is 17.3. The van der Waals surface area contributed by atoms with Gasteiger partial charge in [0, 0.05) is 12.3 Å². The van der Waals surface area contributed by atoms with Crippen molar-refractivity contribution in [2.45, 2.75) is 6.54 Å². The van der Waals surface area contributed by atoms with Gasteiger partial charge in [-0.25, -0.2) is 13.2 Å². The van der Waals surface area contributed by atoms with Gasteiger partial charge in [-0.3, -0.25) is 4.79 Å². The summed E-state index contributed by atoms with van der Waals surface area (Å²) in [6.45, 7) is -0.853. The Morgan fingerprint density at radius 2 is 1.83 bits per heavy atom. The Labute approximate surface area is 135 Å². The molecule has 0 aliphatic heterocycles. The van der Waals surface area contributed by atoms with E-state index in [2.05, 4.69) is 0 Å². The zero-order valence-corrected chi connectivity index (χ0v) is 12.9. The standard InChI is InChI=1S/C18H14F3NO2/c1-24-12-4-2-11(3-5-12)16-14(20)10-13-15(23)6-8-22(9-7-19)18(13)17(16)21/h2-6,8,10H,7,9H2,1H3. The number of rotatable bonds is 4. The van der Waals surface area contributed by atoms with Crippen molar-refractivity contribution in [1.29, 1.82) is 0 Å². The minimum absolute atomic E-state index is 0.104. The molecule has 0 aliphatic carbocycles. The summed E-state index contributed by atoms with van der Waals surface area (Å²) in [5.74, 6) is -1.18. The highest BCUT2D eigenvalue weighted by molar-refractivity contribution is 5.86. The van der Waals surface area contributed by atoms with Crippen LogP contribution in [0.4, 0.5) is 13.2 Å². The van der Waals surface area contributed by atoms with Crippen LogP contribution in [0.3, 0.4) is 0 Å². The highest BCUT2D eigenvalue weighted by atomic mass is 19.1. The molecule has 124 valence electrons. The first-order valence-corrected chi connectivity index (χ1v) is 7.28. The number of pyridine rings is 1. The number of fused-ring (bicyclic) bond motifs is 1. The SMILES string of the molecule is COc1ccc(-c2c(F)cc3c(=O)ccn(CCF)c3c2F)cc1. The van der Waals surface area contributed by atoms with Gasteiger partial charge in [0.2, 0.25) is 0 Å². The Balaban J connectivity index is 2.32. The number of hydrogen-bond donors (Lipinski definition) is 0. The Kier molecular flexibility index (Phi) is 4.29. The van der Waals surface area contributed by atoms with Crippen molar-refractivity contribution in [3.8, 4) is 16.9 Å². The third kappa shape index (κ3) is 2.64. The van der Waals surface area contributed by atoms with Crippen molar-refractivity contribution >= 4 is 10.9 Å². The molecular weight excluding hydrogens is 319 g/mol. The summed E-state index contributed by atoms with van der Waals surface area (Å²) in [7, 11) is 1.49. The summed E-state index contributed by atoms with van der Waals surface area (Å²) in [4.78, 5) is 11.9. The molecule has 3 aromatic rings. The van der Waals surface area contributed by atoms with Crippen LogP contribution < -0.4 is 10.2 Å². The normalized spacial score (nSPS) is 11.0. The predicted molar refractivity (Wildman–Crippen MR) is 86.1 cm³/mol. The van der Waals surface area contributed by atoms with E-state index >= 15 is 4.39 Å². The van der Waals surface area contributed by atoms with Gasteiger partial charge >= 0.3 is 0 Å². The third-order valence-electron chi connectivity index (χ3n) is 3.86. The number of aromatic nitrogens is 1. The summed E-state index contributed by atoms with van der Waals surface area (Å²) in [6.07, 6.45) is 1.31. The molecule has 24 heavy (non-hydrogen) atoms. The molecule has 6 heteroatoms. The van der Waals surface area contributed by atoms with Crippen LogP contribution in [-0.2, 0) is 6.54 Å². The molecule has 0 fully saturated rings. The van der Waals surface area contributed by atoms with Crippen LogP contribution in [0.25, 0.3) is 22.0 Å². The Morgan fingerprint density at radius 1 is 1.12 bits per heavy atom. The average Bonchev–Trinajstić information content (AvgIpc) is 2.58. The number of halogens is 3. The van der Waals surface area contributed by atoms with Crippen LogP contribution >= 0.6 is 0 Å². The summed E-state index contributed by atoms with van der Waals surface area (Å²) in [6, 6.07) is 8.37. The second-order valence-electron chi connectivity index (χ2n) is 5.23. The van der Waals surface area contributed by atoms with Crippen LogP contribution in [0.2, 0.25) is 0 Å². The molecule has 1 aromatic heterocycles. The number of methoxy groups -OCH3 is 1. The predicted octanol–water partition coefficient (Wildman–Crippen LogP) is 3.92. The smallest absolute Gasteiger partial charge is 0.189 e. The maximum atomic E-state index is 15.0. The molecular formula is C18H14F3NO2. The Morgan fingerprint density at radius 3 is 2.46 bits per heavy atom. The van der Waals surface area contributed by atoms with E-state index in [1.807, 2.05) is 0 Å². The lowest BCUT2D eigenvalue weighted by Crippen LogP contribution is -2.12. The first kappa shape index (κ1) is 16.1. The van der Waals surface area contributed by atoms with E-state index in [0.717, 1.165) is 6.07 Å². The molecule has 0 radical (unpaired) electrons. The maximum Gasteiger partial charge on any atom is 0.189 e. The third-order valence-corrected chi connectivity index (χ3v) is 3.86. The van der Waals surface area contributed by atoms with E-state index in [-0.39, 0.29) is 23.0 Å². The van der Waals surface area contributed by atoms with E-state index in [1.54, 1.807) is 12.1 Å². The van der Waals surface area contributed by atoms with Gasteiger partial charge in [0.05, 0.1) is 30.1 Å². The second kappa shape index (κ2) is 6.39. The molecule has 2 aromatic carbocycles. The molecule has 3 rings (SSSR count). The number of aryl methyl sites for hydroxylation is 1. The second-order valence-corrected chi connectivity index (χ2v) is 5.23. The number of ether oxygens (including phenoxy) is 1. The number of benzene rings is 2. The fourth-order valence-electron chi connectivity index (χ4n) is 2.70. The largest absolute Gasteiger partial charge is 0.497 e. The van der Waals surface area contributed by atoms with Crippen LogP contribution in [0.5, 0.6) is 5.75 Å². The van der Waals surface area contributed by atoms with Crippen LogP contribution in [0.1, 0.15) is 0 Å². The van der Waals surface area contributed by atoms with Gasteiger partial charge in [0.15, 0.2) is 11.2 Å². The highest BCUT2D eigenvalue weighted by Gasteiger charge is 2.19. The van der Waals surface area contributed by atoms with Gasteiger partial charge < -0.3 is 9.30 Å². The average molecular weight is 333 g/mol. The maximum absolute atomic E-state index is 15.0. The van der Waals surface area contributed by atoms with Gasteiger partial charge in [0.25, 0.3) is 0 Å². The molecule has 0 saturated carbocycles. The summed E-state index contributed by atoms with van der Waals surface area (Å²) in [5, 5.41) is -0.113. The summed E-state index contributed by atoms with van der Waals surface area (Å²) in [5.41, 5.74) is -0.578. The summed E-state index contributed by atoms with van der Waals surface area (Å²) >= 11 is 0. The minimum Gasteiger partial charge on any atom is -0.497 e. The molecule has 0 bridgehead atoms. The summed E-state index contributed by atoms with van der Waals surface area (Å²) < 4.78 is 48.5. The van der Waals surface area contributed by atoms with Crippen LogP contribution in [0, 0.1) is 11.6 Å². The van der Waals surface area contributed by atoms with Gasteiger partial charge in [-0.05, 0) is 23.8 Å². The Hall–Kier alpha value is -2.76. The minimum atomic E-state index is -0.888. The van der Waals surface area contributed by atoms with E-state index < -0.39 is 23.7 Å². The topological polar surface area (TPSA) is 31.2 Å². The van der Waals surface area contributed by atoms with Gasteiger partial charge in [-0.1, -0.05) is 12.1 Å². The van der Waals surface area contributed by atoms with Crippen molar-refractivity contribution in [1.82, 2.24) is 4.57 Å². The van der Waals surface area contributed by atoms with Crippen molar-refractivity contribution < 1.29 is 17.9 Å². The molecule has 0 N–H and O–H groups in total. The number of alkyl halides is 1. The van der Waals surface area contributed by atoms with Crippen molar-refractivity contribution in [2.75, 3.05) is 13.8 Å². The van der Waals surface area contributed by atoms with E-state index in [4.69, 9.17) is 4.74 Å². The van der Waals surface area contributed by atoms with Crippen LogP contribution in [0.15, 0.2) is 47.4 Å². The van der Waals surface area contributed by atoms with Crippen molar-refractivity contribution in [2.24, 2.45) is 0 Å². The van der Waals surface area contributed by atoms with Crippen molar-refractivity contribution in [3.63, 3.8) is 0 Å². The van der Waals surface area contributed by atoms with Gasteiger partial charge in [-0.15, -0.1) is 0 Å². The molecule has 0 aliphatic rings. The van der Waals surface area contributed by atoms with E-state index in [9.17, 15) is 13.6 Å².